The normalized spacial score (nSPS) is 15.0. The Morgan fingerprint density at radius 1 is 1.16 bits per heavy atom. The molecule has 0 bridgehead atoms. The molecular formula is C18H15ClN2O4. The van der Waals surface area contributed by atoms with Crippen LogP contribution in [0.1, 0.15) is 22.0 Å². The van der Waals surface area contributed by atoms with Crippen LogP contribution < -0.4 is 5.32 Å². The molecule has 1 saturated heterocycles. The molecule has 3 amide bonds. The second-order valence-corrected chi connectivity index (χ2v) is 5.94. The molecule has 1 atom stereocenters. The molecular weight excluding hydrogens is 344 g/mol. The quantitative estimate of drug-likeness (QED) is 0.891. The molecule has 0 radical (unpaired) electrons. The minimum absolute atomic E-state index is 0.00597. The molecule has 6 nitrogen and oxygen atoms in total. The van der Waals surface area contributed by atoms with Gasteiger partial charge < -0.3 is 10.1 Å². The number of rotatable bonds is 5. The van der Waals surface area contributed by atoms with Crippen molar-refractivity contribution in [3.8, 4) is 0 Å². The van der Waals surface area contributed by atoms with E-state index in [1.165, 1.54) is 0 Å². The number of hydrogen-bond donors (Lipinski definition) is 1. The summed E-state index contributed by atoms with van der Waals surface area (Å²) in [6, 6.07) is 15.1. The van der Waals surface area contributed by atoms with Gasteiger partial charge in [-0.05, 0) is 23.8 Å². The van der Waals surface area contributed by atoms with Crippen LogP contribution in [0.25, 0.3) is 0 Å². The van der Waals surface area contributed by atoms with Crippen molar-refractivity contribution in [1.82, 2.24) is 10.2 Å². The first kappa shape index (κ1) is 17.0. The molecule has 0 aliphatic carbocycles. The van der Waals surface area contributed by atoms with Crippen LogP contribution in [-0.4, -0.2) is 36.0 Å². The number of cyclic esters (lactones) is 1. The molecule has 0 saturated carbocycles. The highest BCUT2D eigenvalue weighted by molar-refractivity contribution is 6.30. The predicted octanol–water partition coefficient (Wildman–Crippen LogP) is 2.79. The molecule has 25 heavy (non-hydrogen) atoms. The van der Waals surface area contributed by atoms with E-state index in [1.807, 2.05) is 30.3 Å². The lowest BCUT2D eigenvalue weighted by Gasteiger charge is -2.23. The number of amides is 3. The number of imide groups is 1. The monoisotopic (exact) mass is 358 g/mol. The third kappa shape index (κ3) is 3.97. The fraction of sp³-hybridized carbons (Fsp3) is 0.167. The fourth-order valence-electron chi connectivity index (χ4n) is 2.53. The van der Waals surface area contributed by atoms with Gasteiger partial charge in [-0.1, -0.05) is 48.0 Å². The Bertz CT molecular complexity index is 794. The molecule has 1 aliphatic heterocycles. The Kier molecular flexibility index (Phi) is 5.00. The number of hydrogen-bond acceptors (Lipinski definition) is 4. The largest absolute Gasteiger partial charge is 0.439 e. The maximum absolute atomic E-state index is 12.5. The van der Waals surface area contributed by atoms with E-state index in [0.717, 1.165) is 10.5 Å². The van der Waals surface area contributed by atoms with E-state index in [1.54, 1.807) is 24.3 Å². The number of carbonyl (C=O) groups excluding carboxylic acids is 3. The standard InChI is InChI=1S/C18H15ClN2O4/c19-14-8-4-7-13(9-14)17(23)20-15(12-5-2-1-3-6-12)10-21-16(22)11-25-18(21)24/h1-9,15H,10-11H2,(H,20,23). The summed E-state index contributed by atoms with van der Waals surface area (Å²) in [5.41, 5.74) is 1.16. The van der Waals surface area contributed by atoms with Gasteiger partial charge in [-0.2, -0.15) is 0 Å². The van der Waals surface area contributed by atoms with Crippen molar-refractivity contribution in [3.05, 3.63) is 70.7 Å². The minimum atomic E-state index is -0.706. The molecule has 7 heteroatoms. The summed E-state index contributed by atoms with van der Waals surface area (Å²) in [5, 5.41) is 3.29. The number of benzene rings is 2. The topological polar surface area (TPSA) is 75.7 Å². The van der Waals surface area contributed by atoms with Crippen LogP contribution in [-0.2, 0) is 9.53 Å². The predicted molar refractivity (Wildman–Crippen MR) is 91.2 cm³/mol. The first-order valence-electron chi connectivity index (χ1n) is 7.63. The van der Waals surface area contributed by atoms with Crippen LogP contribution in [0.4, 0.5) is 4.79 Å². The first-order chi connectivity index (χ1) is 12.0. The van der Waals surface area contributed by atoms with Crippen molar-refractivity contribution in [1.29, 1.82) is 0 Å². The Morgan fingerprint density at radius 2 is 1.92 bits per heavy atom. The van der Waals surface area contributed by atoms with Gasteiger partial charge in [0.25, 0.3) is 11.8 Å². The summed E-state index contributed by atoms with van der Waals surface area (Å²) in [7, 11) is 0. The van der Waals surface area contributed by atoms with Crippen LogP contribution >= 0.6 is 11.6 Å². The van der Waals surface area contributed by atoms with Gasteiger partial charge in [0.15, 0.2) is 6.61 Å². The average molecular weight is 359 g/mol. The summed E-state index contributed by atoms with van der Waals surface area (Å²) in [6.45, 7) is -0.281. The molecule has 1 aliphatic rings. The van der Waals surface area contributed by atoms with Crippen LogP contribution in [0.2, 0.25) is 5.02 Å². The number of ether oxygens (including phenoxy) is 1. The number of nitrogens with one attached hydrogen (secondary N) is 1. The van der Waals surface area contributed by atoms with Crippen LogP contribution in [0.3, 0.4) is 0 Å². The van der Waals surface area contributed by atoms with Crippen molar-refractivity contribution in [3.63, 3.8) is 0 Å². The van der Waals surface area contributed by atoms with Crippen molar-refractivity contribution in [2.45, 2.75) is 6.04 Å². The molecule has 0 aromatic heterocycles. The molecule has 1 unspecified atom stereocenters. The second-order valence-electron chi connectivity index (χ2n) is 5.51. The molecule has 2 aromatic carbocycles. The molecule has 0 spiro atoms. The highest BCUT2D eigenvalue weighted by Gasteiger charge is 2.33. The van der Waals surface area contributed by atoms with Gasteiger partial charge in [0.2, 0.25) is 0 Å². The van der Waals surface area contributed by atoms with Crippen molar-refractivity contribution in [2.75, 3.05) is 13.2 Å². The number of nitrogens with zero attached hydrogens (tertiary/aromatic N) is 1. The third-order valence-corrected chi connectivity index (χ3v) is 4.03. The summed E-state index contributed by atoms with van der Waals surface area (Å²) in [6.07, 6.45) is -0.706. The summed E-state index contributed by atoms with van der Waals surface area (Å²) < 4.78 is 4.73. The van der Waals surface area contributed by atoms with Gasteiger partial charge >= 0.3 is 6.09 Å². The Hall–Kier alpha value is -2.86. The zero-order valence-electron chi connectivity index (χ0n) is 13.1. The Balaban J connectivity index is 1.83. The van der Waals surface area contributed by atoms with Gasteiger partial charge in [-0.15, -0.1) is 0 Å². The average Bonchev–Trinajstić information content (AvgIpc) is 2.93. The zero-order valence-corrected chi connectivity index (χ0v) is 13.9. The first-order valence-corrected chi connectivity index (χ1v) is 8.01. The zero-order chi connectivity index (χ0) is 17.8. The summed E-state index contributed by atoms with van der Waals surface area (Å²) >= 11 is 5.92. The van der Waals surface area contributed by atoms with Gasteiger partial charge in [0, 0.05) is 10.6 Å². The van der Waals surface area contributed by atoms with Gasteiger partial charge in [-0.25, -0.2) is 9.69 Å². The van der Waals surface area contributed by atoms with Crippen LogP contribution in [0.5, 0.6) is 0 Å². The molecule has 1 N–H and O–H groups in total. The minimum Gasteiger partial charge on any atom is -0.439 e. The summed E-state index contributed by atoms with van der Waals surface area (Å²) in [4.78, 5) is 37.0. The maximum Gasteiger partial charge on any atom is 0.417 e. The Labute approximate surface area is 149 Å². The van der Waals surface area contributed by atoms with Crippen LogP contribution in [0, 0.1) is 0 Å². The van der Waals surface area contributed by atoms with E-state index in [2.05, 4.69) is 5.32 Å². The van der Waals surface area contributed by atoms with E-state index in [0.29, 0.717) is 10.6 Å². The van der Waals surface area contributed by atoms with Gasteiger partial charge in [-0.3, -0.25) is 9.59 Å². The lowest BCUT2D eigenvalue weighted by molar-refractivity contribution is -0.126. The van der Waals surface area contributed by atoms with Crippen molar-refractivity contribution in [2.24, 2.45) is 0 Å². The van der Waals surface area contributed by atoms with Crippen molar-refractivity contribution < 1.29 is 19.1 Å². The van der Waals surface area contributed by atoms with E-state index >= 15 is 0 Å². The molecule has 3 rings (SSSR count). The van der Waals surface area contributed by atoms with E-state index in [-0.39, 0.29) is 19.1 Å². The fourth-order valence-corrected chi connectivity index (χ4v) is 2.72. The Morgan fingerprint density at radius 3 is 2.56 bits per heavy atom. The highest BCUT2D eigenvalue weighted by atomic mass is 35.5. The van der Waals surface area contributed by atoms with Gasteiger partial charge in [0.1, 0.15) is 0 Å². The van der Waals surface area contributed by atoms with Gasteiger partial charge in [0.05, 0.1) is 12.6 Å². The molecule has 128 valence electrons. The maximum atomic E-state index is 12.5. The lowest BCUT2D eigenvalue weighted by Crippen LogP contribution is -2.40. The molecule has 1 fully saturated rings. The van der Waals surface area contributed by atoms with E-state index in [9.17, 15) is 14.4 Å². The van der Waals surface area contributed by atoms with Crippen molar-refractivity contribution >= 4 is 29.5 Å². The number of halogens is 1. The van der Waals surface area contributed by atoms with E-state index in [4.69, 9.17) is 16.3 Å². The summed E-state index contributed by atoms with van der Waals surface area (Å²) in [5.74, 6) is -0.778. The molecule has 1 heterocycles. The van der Waals surface area contributed by atoms with Crippen LogP contribution in [0.15, 0.2) is 54.6 Å². The lowest BCUT2D eigenvalue weighted by atomic mass is 10.1. The SMILES string of the molecule is O=C(NC(CN1C(=O)COC1=O)c1ccccc1)c1cccc(Cl)c1. The van der Waals surface area contributed by atoms with E-state index < -0.39 is 18.0 Å². The number of carbonyl (C=O) groups is 3. The smallest absolute Gasteiger partial charge is 0.417 e. The molecule has 2 aromatic rings. The second kappa shape index (κ2) is 7.36. The highest BCUT2D eigenvalue weighted by Crippen LogP contribution is 2.19. The third-order valence-electron chi connectivity index (χ3n) is 3.80.